The lowest BCUT2D eigenvalue weighted by molar-refractivity contribution is -0.119. The molecular formula is C15H20FNO. The van der Waals surface area contributed by atoms with Gasteiger partial charge in [-0.25, -0.2) is 4.39 Å². The molecule has 1 N–H and O–H groups in total. The molecule has 3 rings (SSSR count). The topological polar surface area (TPSA) is 21.3 Å². The molecule has 1 unspecified atom stereocenters. The Balaban J connectivity index is 1.91. The Kier molecular flexibility index (Phi) is 3.35. The SMILES string of the molecule is Fc1cccc(C2NCCOC23CCCCC3)c1. The first kappa shape index (κ1) is 12.1. The van der Waals surface area contributed by atoms with Crippen LogP contribution in [-0.4, -0.2) is 18.8 Å². The van der Waals surface area contributed by atoms with Crippen molar-refractivity contribution in [3.05, 3.63) is 35.6 Å². The van der Waals surface area contributed by atoms with Gasteiger partial charge in [-0.15, -0.1) is 0 Å². The molecule has 2 nitrogen and oxygen atoms in total. The van der Waals surface area contributed by atoms with Crippen LogP contribution in [-0.2, 0) is 4.74 Å². The first-order valence-corrected chi connectivity index (χ1v) is 6.93. The lowest BCUT2D eigenvalue weighted by Crippen LogP contribution is -2.53. The van der Waals surface area contributed by atoms with Crippen molar-refractivity contribution in [1.82, 2.24) is 5.32 Å². The van der Waals surface area contributed by atoms with E-state index < -0.39 is 0 Å². The molecule has 2 fully saturated rings. The molecule has 0 amide bonds. The average Bonchev–Trinajstić information content (AvgIpc) is 2.40. The van der Waals surface area contributed by atoms with Crippen molar-refractivity contribution in [3.63, 3.8) is 0 Å². The summed E-state index contributed by atoms with van der Waals surface area (Å²) in [6.07, 6.45) is 5.89. The van der Waals surface area contributed by atoms with Crippen molar-refractivity contribution in [2.24, 2.45) is 0 Å². The molecule has 1 aliphatic heterocycles. The van der Waals surface area contributed by atoms with Gasteiger partial charge in [-0.3, -0.25) is 0 Å². The van der Waals surface area contributed by atoms with Crippen LogP contribution in [0.3, 0.4) is 0 Å². The summed E-state index contributed by atoms with van der Waals surface area (Å²) < 4.78 is 19.5. The predicted molar refractivity (Wildman–Crippen MR) is 68.9 cm³/mol. The summed E-state index contributed by atoms with van der Waals surface area (Å²) in [4.78, 5) is 0. The molecule has 0 radical (unpaired) electrons. The molecule has 0 bridgehead atoms. The highest BCUT2D eigenvalue weighted by atomic mass is 19.1. The summed E-state index contributed by atoms with van der Waals surface area (Å²) >= 11 is 0. The zero-order valence-electron chi connectivity index (χ0n) is 10.6. The van der Waals surface area contributed by atoms with Gasteiger partial charge in [0.1, 0.15) is 5.82 Å². The molecule has 0 aromatic heterocycles. The summed E-state index contributed by atoms with van der Waals surface area (Å²) in [5, 5.41) is 3.53. The van der Waals surface area contributed by atoms with Gasteiger partial charge in [0.15, 0.2) is 0 Å². The molecule has 98 valence electrons. The highest BCUT2D eigenvalue weighted by Crippen LogP contribution is 2.42. The van der Waals surface area contributed by atoms with E-state index in [1.165, 1.54) is 25.3 Å². The second-order valence-electron chi connectivity index (χ2n) is 5.42. The minimum absolute atomic E-state index is 0.107. The van der Waals surface area contributed by atoms with Gasteiger partial charge in [-0.2, -0.15) is 0 Å². The number of halogens is 1. The highest BCUT2D eigenvalue weighted by molar-refractivity contribution is 5.24. The Morgan fingerprint density at radius 3 is 2.83 bits per heavy atom. The summed E-state index contributed by atoms with van der Waals surface area (Å²) in [6, 6.07) is 7.08. The van der Waals surface area contributed by atoms with E-state index in [1.54, 1.807) is 12.1 Å². The van der Waals surface area contributed by atoms with Gasteiger partial charge in [-0.05, 0) is 30.5 Å². The van der Waals surface area contributed by atoms with Gasteiger partial charge >= 0.3 is 0 Å². The minimum Gasteiger partial charge on any atom is -0.372 e. The van der Waals surface area contributed by atoms with Gasteiger partial charge in [0.05, 0.1) is 18.2 Å². The zero-order valence-corrected chi connectivity index (χ0v) is 10.6. The van der Waals surface area contributed by atoms with Crippen LogP contribution >= 0.6 is 0 Å². The first-order valence-electron chi connectivity index (χ1n) is 6.93. The third-order valence-electron chi connectivity index (χ3n) is 4.25. The van der Waals surface area contributed by atoms with Crippen LogP contribution in [0.15, 0.2) is 24.3 Å². The number of ether oxygens (including phenoxy) is 1. The molecule has 1 atom stereocenters. The second-order valence-corrected chi connectivity index (χ2v) is 5.42. The molecular weight excluding hydrogens is 229 g/mol. The molecule has 2 aliphatic rings. The molecule has 18 heavy (non-hydrogen) atoms. The Hall–Kier alpha value is -0.930. The van der Waals surface area contributed by atoms with E-state index in [4.69, 9.17) is 4.74 Å². The smallest absolute Gasteiger partial charge is 0.123 e. The molecule has 1 saturated heterocycles. The fourth-order valence-electron chi connectivity index (χ4n) is 3.42. The van der Waals surface area contributed by atoms with Crippen molar-refractivity contribution >= 4 is 0 Å². The number of benzene rings is 1. The fourth-order valence-corrected chi connectivity index (χ4v) is 3.42. The van der Waals surface area contributed by atoms with Crippen LogP contribution in [0.1, 0.15) is 43.7 Å². The lowest BCUT2D eigenvalue weighted by atomic mass is 9.76. The Bertz CT molecular complexity index is 406. The molecule has 1 aliphatic carbocycles. The van der Waals surface area contributed by atoms with E-state index in [1.807, 2.05) is 6.07 Å². The van der Waals surface area contributed by atoms with E-state index in [0.29, 0.717) is 0 Å². The van der Waals surface area contributed by atoms with Crippen LogP contribution < -0.4 is 5.32 Å². The lowest BCUT2D eigenvalue weighted by Gasteiger charge is -2.47. The van der Waals surface area contributed by atoms with E-state index in [-0.39, 0.29) is 17.5 Å². The standard InChI is InChI=1S/C15H20FNO/c16-13-6-4-5-12(11-13)14-15(18-10-9-17-14)7-2-1-3-8-15/h4-6,11,14,17H,1-3,7-10H2. The molecule has 3 heteroatoms. The molecule has 1 aromatic carbocycles. The zero-order chi connectivity index (χ0) is 12.4. The van der Waals surface area contributed by atoms with Gasteiger partial charge < -0.3 is 10.1 Å². The maximum atomic E-state index is 13.4. The number of rotatable bonds is 1. The molecule has 1 aromatic rings. The van der Waals surface area contributed by atoms with Crippen molar-refractivity contribution in [2.75, 3.05) is 13.2 Å². The normalized spacial score (nSPS) is 27.3. The van der Waals surface area contributed by atoms with Crippen LogP contribution in [0.4, 0.5) is 4.39 Å². The van der Waals surface area contributed by atoms with Crippen molar-refractivity contribution in [1.29, 1.82) is 0 Å². The van der Waals surface area contributed by atoms with Crippen LogP contribution in [0.2, 0.25) is 0 Å². The number of hydrogen-bond donors (Lipinski definition) is 1. The van der Waals surface area contributed by atoms with Crippen molar-refractivity contribution in [3.8, 4) is 0 Å². The molecule has 1 saturated carbocycles. The van der Waals surface area contributed by atoms with Crippen molar-refractivity contribution < 1.29 is 9.13 Å². The van der Waals surface area contributed by atoms with Crippen LogP contribution in [0.5, 0.6) is 0 Å². The van der Waals surface area contributed by atoms with Crippen molar-refractivity contribution in [2.45, 2.75) is 43.7 Å². The number of nitrogens with one attached hydrogen (secondary N) is 1. The Morgan fingerprint density at radius 2 is 2.06 bits per heavy atom. The fraction of sp³-hybridized carbons (Fsp3) is 0.600. The van der Waals surface area contributed by atoms with E-state index in [2.05, 4.69) is 5.32 Å². The highest BCUT2D eigenvalue weighted by Gasteiger charge is 2.43. The largest absolute Gasteiger partial charge is 0.372 e. The Labute approximate surface area is 108 Å². The Morgan fingerprint density at radius 1 is 1.22 bits per heavy atom. The first-order chi connectivity index (χ1) is 8.80. The van der Waals surface area contributed by atoms with E-state index in [9.17, 15) is 4.39 Å². The number of morpholine rings is 1. The molecule has 1 heterocycles. The monoisotopic (exact) mass is 249 g/mol. The maximum Gasteiger partial charge on any atom is 0.123 e. The van der Waals surface area contributed by atoms with Gasteiger partial charge in [-0.1, -0.05) is 31.4 Å². The van der Waals surface area contributed by atoms with Gasteiger partial charge in [0.2, 0.25) is 0 Å². The second kappa shape index (κ2) is 4.98. The predicted octanol–water partition coefficient (Wildman–Crippen LogP) is 3.19. The third kappa shape index (κ3) is 2.17. The van der Waals surface area contributed by atoms with Crippen LogP contribution in [0.25, 0.3) is 0 Å². The summed E-state index contributed by atoms with van der Waals surface area (Å²) in [6.45, 7) is 1.62. The average molecular weight is 249 g/mol. The van der Waals surface area contributed by atoms with Gasteiger partial charge in [0.25, 0.3) is 0 Å². The van der Waals surface area contributed by atoms with Crippen LogP contribution in [0, 0.1) is 5.82 Å². The summed E-state index contributed by atoms with van der Waals surface area (Å²) in [5.74, 6) is -0.161. The van der Waals surface area contributed by atoms with E-state index >= 15 is 0 Å². The maximum absolute atomic E-state index is 13.4. The number of hydrogen-bond acceptors (Lipinski definition) is 2. The van der Waals surface area contributed by atoms with Gasteiger partial charge in [0, 0.05) is 6.54 Å². The molecule has 1 spiro atoms. The summed E-state index contributed by atoms with van der Waals surface area (Å²) in [7, 11) is 0. The van der Waals surface area contributed by atoms with E-state index in [0.717, 1.165) is 31.6 Å². The minimum atomic E-state index is -0.161. The quantitative estimate of drug-likeness (QED) is 0.825. The third-order valence-corrected chi connectivity index (χ3v) is 4.25. The summed E-state index contributed by atoms with van der Waals surface area (Å²) in [5.41, 5.74) is 0.918.